The molecule has 2 heterocycles. The summed E-state index contributed by atoms with van der Waals surface area (Å²) < 4.78 is 4.96. The fourth-order valence-corrected chi connectivity index (χ4v) is 4.42. The van der Waals surface area contributed by atoms with E-state index in [2.05, 4.69) is 27.2 Å². The van der Waals surface area contributed by atoms with Crippen molar-refractivity contribution < 1.29 is 14.3 Å². The number of carbonyl (C=O) groups excluding carboxylic acids is 2. The number of aryl methyl sites for hydroxylation is 3. The zero-order chi connectivity index (χ0) is 25.1. The minimum atomic E-state index is -0.101. The predicted octanol–water partition coefficient (Wildman–Crippen LogP) is 2.99. The topological polar surface area (TPSA) is 136 Å². The zero-order valence-electron chi connectivity index (χ0n) is 20.5. The summed E-state index contributed by atoms with van der Waals surface area (Å²) in [7, 11) is 2.08. The van der Waals surface area contributed by atoms with Crippen LogP contribution in [0.4, 0.5) is 10.8 Å². The molecule has 5 N–H and O–H groups in total. The van der Waals surface area contributed by atoms with Gasteiger partial charge < -0.3 is 26.4 Å². The third-order valence-corrected chi connectivity index (χ3v) is 6.29. The lowest BCUT2D eigenvalue weighted by atomic mass is 9.97. The molecular formula is C24H36N6O3S. The molecule has 1 aliphatic rings. The van der Waals surface area contributed by atoms with Crippen LogP contribution in [0.2, 0.25) is 0 Å². The van der Waals surface area contributed by atoms with Crippen molar-refractivity contribution in [2.45, 2.75) is 46.5 Å². The van der Waals surface area contributed by atoms with Crippen LogP contribution in [0.1, 0.15) is 42.8 Å². The fourth-order valence-electron chi connectivity index (χ4n) is 3.52. The smallest absolute Gasteiger partial charge is 0.309 e. The van der Waals surface area contributed by atoms with Crippen molar-refractivity contribution in [1.82, 2.24) is 9.88 Å². The second-order valence-electron chi connectivity index (χ2n) is 8.24. The minimum absolute atomic E-state index is 0.00870. The highest BCUT2D eigenvalue weighted by atomic mass is 32.1. The molecule has 186 valence electrons. The molecular weight excluding hydrogens is 452 g/mol. The predicted molar refractivity (Wildman–Crippen MR) is 137 cm³/mol. The Hall–Kier alpha value is -2.98. The van der Waals surface area contributed by atoms with Crippen LogP contribution in [0.15, 0.2) is 29.3 Å². The lowest BCUT2D eigenvalue weighted by Crippen LogP contribution is -2.34. The van der Waals surface area contributed by atoms with Crippen LogP contribution in [0.25, 0.3) is 0 Å². The van der Waals surface area contributed by atoms with Gasteiger partial charge in [-0.3, -0.25) is 9.59 Å². The summed E-state index contributed by atoms with van der Waals surface area (Å²) in [6, 6.07) is 7.76. The Morgan fingerprint density at radius 3 is 2.41 bits per heavy atom. The van der Waals surface area contributed by atoms with Gasteiger partial charge in [-0.25, -0.2) is 9.98 Å². The summed E-state index contributed by atoms with van der Waals surface area (Å²) in [4.78, 5) is 34.1. The molecule has 2 aromatic rings. The first kappa shape index (κ1) is 27.3. The maximum absolute atomic E-state index is 11.3. The lowest BCUT2D eigenvalue weighted by molar-refractivity contribution is -0.149. The number of ether oxygens (including phenoxy) is 1. The van der Waals surface area contributed by atoms with E-state index >= 15 is 0 Å². The SMILES string of the molecule is CC(=O)Nc1nc(CCc2ccc(N=C(N)N)cc2)c(C)s1.CCOC(=O)C1CCN(C)CC1. The Morgan fingerprint density at radius 1 is 1.21 bits per heavy atom. The molecule has 0 spiro atoms. The number of benzene rings is 1. The van der Waals surface area contributed by atoms with Gasteiger partial charge in [0.25, 0.3) is 0 Å². The van der Waals surface area contributed by atoms with Crippen molar-refractivity contribution in [3.05, 3.63) is 40.4 Å². The third kappa shape index (κ3) is 9.48. The first-order valence-corrected chi connectivity index (χ1v) is 12.3. The van der Waals surface area contributed by atoms with Crippen molar-refractivity contribution in [2.75, 3.05) is 32.1 Å². The van der Waals surface area contributed by atoms with Gasteiger partial charge in [0.05, 0.1) is 23.9 Å². The molecule has 9 nitrogen and oxygen atoms in total. The summed E-state index contributed by atoms with van der Waals surface area (Å²) in [5, 5.41) is 3.38. The van der Waals surface area contributed by atoms with Crippen LogP contribution < -0.4 is 16.8 Å². The number of hydrogen-bond donors (Lipinski definition) is 3. The second-order valence-corrected chi connectivity index (χ2v) is 9.44. The van der Waals surface area contributed by atoms with Gasteiger partial charge in [0.2, 0.25) is 5.91 Å². The third-order valence-electron chi connectivity index (χ3n) is 5.36. The number of aromatic nitrogens is 1. The number of aliphatic imine (C=N–C) groups is 1. The van der Waals surface area contributed by atoms with Crippen LogP contribution in [-0.4, -0.2) is 54.5 Å². The molecule has 1 aromatic heterocycles. The molecule has 34 heavy (non-hydrogen) atoms. The number of thiazole rings is 1. The Labute approximate surface area is 205 Å². The highest BCUT2D eigenvalue weighted by molar-refractivity contribution is 7.15. The quantitative estimate of drug-likeness (QED) is 0.310. The van der Waals surface area contributed by atoms with Crippen LogP contribution in [0.3, 0.4) is 0 Å². The van der Waals surface area contributed by atoms with E-state index in [1.54, 1.807) is 0 Å². The molecule has 1 saturated heterocycles. The highest BCUT2D eigenvalue weighted by Crippen LogP contribution is 2.23. The molecule has 1 amide bonds. The first-order chi connectivity index (χ1) is 16.2. The molecule has 0 radical (unpaired) electrons. The molecule has 1 aromatic carbocycles. The number of carbonyl (C=O) groups is 2. The molecule has 0 unspecified atom stereocenters. The van der Waals surface area contributed by atoms with Gasteiger partial charge in [-0.1, -0.05) is 12.1 Å². The van der Waals surface area contributed by atoms with E-state index < -0.39 is 0 Å². The Bertz CT molecular complexity index is 962. The first-order valence-electron chi connectivity index (χ1n) is 11.5. The van der Waals surface area contributed by atoms with E-state index in [1.165, 1.54) is 23.8 Å². The average Bonchev–Trinajstić information content (AvgIpc) is 3.12. The summed E-state index contributed by atoms with van der Waals surface area (Å²) >= 11 is 1.50. The van der Waals surface area contributed by atoms with Crippen molar-refractivity contribution >= 4 is 40.0 Å². The number of nitrogens with one attached hydrogen (secondary N) is 1. The Balaban J connectivity index is 0.000000287. The Kier molecular flexibility index (Phi) is 11.0. The lowest BCUT2D eigenvalue weighted by Gasteiger charge is -2.27. The van der Waals surface area contributed by atoms with Crippen molar-refractivity contribution in [2.24, 2.45) is 22.4 Å². The van der Waals surface area contributed by atoms with Crippen molar-refractivity contribution in [3.8, 4) is 0 Å². The molecule has 10 heteroatoms. The number of rotatable bonds is 7. The summed E-state index contributed by atoms with van der Waals surface area (Å²) in [5.41, 5.74) is 13.6. The van der Waals surface area contributed by atoms with E-state index in [4.69, 9.17) is 16.2 Å². The van der Waals surface area contributed by atoms with Gasteiger partial charge in [-0.05, 0) is 77.4 Å². The summed E-state index contributed by atoms with van der Waals surface area (Å²) in [6.45, 7) is 7.89. The number of guanidine groups is 1. The molecule has 1 aliphatic heterocycles. The molecule has 0 bridgehead atoms. The monoisotopic (exact) mass is 488 g/mol. The van der Waals surface area contributed by atoms with E-state index in [-0.39, 0.29) is 23.8 Å². The van der Waals surface area contributed by atoms with Crippen LogP contribution in [0, 0.1) is 12.8 Å². The Morgan fingerprint density at radius 2 is 1.85 bits per heavy atom. The number of esters is 1. The largest absolute Gasteiger partial charge is 0.466 e. The van der Waals surface area contributed by atoms with E-state index in [0.29, 0.717) is 11.7 Å². The van der Waals surface area contributed by atoms with Crippen LogP contribution in [0.5, 0.6) is 0 Å². The van der Waals surface area contributed by atoms with Gasteiger partial charge in [0.1, 0.15) is 0 Å². The number of piperidine rings is 1. The van der Waals surface area contributed by atoms with Crippen molar-refractivity contribution in [3.63, 3.8) is 0 Å². The standard InChI is InChI=1S/C15H19N5OS.C9H17NO2/c1-9-13(20-15(22-9)18-10(2)21)8-5-11-3-6-12(7-4-11)19-14(16)17;1-3-12-9(11)8-4-6-10(2)7-5-8/h3-4,6-7H,5,8H2,1-2H3,(H4,16,17,19)(H,18,20,21);8H,3-7H2,1-2H3. The maximum atomic E-state index is 11.3. The van der Waals surface area contributed by atoms with Gasteiger partial charge >= 0.3 is 5.97 Å². The second kappa shape index (κ2) is 13.7. The molecule has 1 fully saturated rings. The summed E-state index contributed by atoms with van der Waals surface area (Å²) in [5.74, 6) is 0.0960. The highest BCUT2D eigenvalue weighted by Gasteiger charge is 2.23. The summed E-state index contributed by atoms with van der Waals surface area (Å²) in [6.07, 6.45) is 3.60. The molecule has 0 atom stereocenters. The van der Waals surface area contributed by atoms with E-state index in [1.807, 2.05) is 38.1 Å². The number of nitrogens with zero attached hydrogens (tertiary/aromatic N) is 3. The number of amides is 1. The number of hydrogen-bond acceptors (Lipinski definition) is 7. The van der Waals surface area contributed by atoms with Crippen LogP contribution >= 0.6 is 11.3 Å². The van der Waals surface area contributed by atoms with Gasteiger partial charge in [0, 0.05) is 11.8 Å². The normalized spacial score (nSPS) is 14.0. The maximum Gasteiger partial charge on any atom is 0.309 e. The molecule has 0 aliphatic carbocycles. The van der Waals surface area contributed by atoms with E-state index in [9.17, 15) is 9.59 Å². The van der Waals surface area contributed by atoms with E-state index in [0.717, 1.165) is 55.0 Å². The number of likely N-dealkylation sites (tertiary alicyclic amines) is 1. The fraction of sp³-hybridized carbons (Fsp3) is 0.500. The van der Waals surface area contributed by atoms with Crippen LogP contribution in [-0.2, 0) is 27.2 Å². The van der Waals surface area contributed by atoms with Gasteiger partial charge in [-0.15, -0.1) is 11.3 Å². The number of nitrogens with two attached hydrogens (primary N) is 2. The van der Waals surface area contributed by atoms with Gasteiger partial charge in [0.15, 0.2) is 11.1 Å². The van der Waals surface area contributed by atoms with Crippen molar-refractivity contribution in [1.29, 1.82) is 0 Å². The molecule has 3 rings (SSSR count). The number of anilines is 1. The average molecular weight is 489 g/mol. The van der Waals surface area contributed by atoms with Gasteiger partial charge in [-0.2, -0.15) is 0 Å². The minimum Gasteiger partial charge on any atom is -0.466 e. The zero-order valence-corrected chi connectivity index (χ0v) is 21.3. The molecule has 0 saturated carbocycles.